The van der Waals surface area contributed by atoms with Crippen LogP contribution < -0.4 is 10.6 Å². The van der Waals surface area contributed by atoms with Gasteiger partial charge in [-0.15, -0.1) is 0 Å². The maximum absolute atomic E-state index is 14.2. The van der Waals surface area contributed by atoms with Gasteiger partial charge in [-0.1, -0.05) is 25.1 Å². The SMILES string of the molecule is CC1CN(c2c(-c3cc(F)cc(F)c3)cnc3ccc(-c4cccc(C#N)c4O)cc23)CC[C@H]1N.O=CO. The fraction of sp³-hybridized carbons (Fsp3) is 0.207. The Kier molecular flexibility index (Phi) is 7.84. The summed E-state index contributed by atoms with van der Waals surface area (Å²) in [6.07, 6.45) is 2.44. The lowest BCUT2D eigenvalue weighted by Crippen LogP contribution is -2.46. The second kappa shape index (κ2) is 11.2. The van der Waals surface area contributed by atoms with E-state index in [1.807, 2.05) is 24.3 Å². The summed E-state index contributed by atoms with van der Waals surface area (Å²) < 4.78 is 28.3. The van der Waals surface area contributed by atoms with E-state index in [-0.39, 0.29) is 29.7 Å². The van der Waals surface area contributed by atoms with Crippen LogP contribution in [0.2, 0.25) is 0 Å². The van der Waals surface area contributed by atoms with Crippen molar-refractivity contribution in [3.8, 4) is 34.1 Å². The molecule has 38 heavy (non-hydrogen) atoms. The number of para-hydroxylation sites is 1. The predicted octanol–water partition coefficient (Wildman–Crippen LogP) is 5.30. The summed E-state index contributed by atoms with van der Waals surface area (Å²) in [4.78, 5) is 15.1. The first-order valence-electron chi connectivity index (χ1n) is 12.0. The molecule has 1 aromatic heterocycles. The third-order valence-electron chi connectivity index (χ3n) is 6.77. The van der Waals surface area contributed by atoms with E-state index >= 15 is 0 Å². The van der Waals surface area contributed by atoms with Crippen molar-refractivity contribution in [2.75, 3.05) is 18.0 Å². The van der Waals surface area contributed by atoms with Gasteiger partial charge in [-0.2, -0.15) is 5.26 Å². The molecular weight excluding hydrogens is 490 g/mol. The summed E-state index contributed by atoms with van der Waals surface area (Å²) in [6.45, 7) is 3.22. The Hall–Kier alpha value is -4.55. The van der Waals surface area contributed by atoms with E-state index < -0.39 is 11.6 Å². The van der Waals surface area contributed by atoms with Crippen molar-refractivity contribution < 1.29 is 23.8 Å². The number of hydrogen-bond acceptors (Lipinski definition) is 6. The second-order valence-corrected chi connectivity index (χ2v) is 9.21. The highest BCUT2D eigenvalue weighted by Gasteiger charge is 2.27. The maximum Gasteiger partial charge on any atom is 0.290 e. The Morgan fingerprint density at radius 2 is 1.82 bits per heavy atom. The first-order chi connectivity index (χ1) is 18.3. The van der Waals surface area contributed by atoms with E-state index in [2.05, 4.69) is 16.8 Å². The first kappa shape index (κ1) is 26.5. The molecule has 0 saturated carbocycles. The van der Waals surface area contributed by atoms with Crippen LogP contribution in [-0.2, 0) is 4.79 Å². The molecule has 2 heterocycles. The summed E-state index contributed by atoms with van der Waals surface area (Å²) in [5.74, 6) is -1.19. The number of carboxylic acid groups (broad SMARTS) is 1. The number of pyridine rings is 1. The zero-order valence-electron chi connectivity index (χ0n) is 20.6. The number of carbonyl (C=O) groups is 1. The number of nitrogens with two attached hydrogens (primary N) is 1. The van der Waals surface area contributed by atoms with Gasteiger partial charge in [-0.05, 0) is 53.8 Å². The molecule has 1 fully saturated rings. The molecule has 7 nitrogen and oxygen atoms in total. The van der Waals surface area contributed by atoms with Gasteiger partial charge in [0.1, 0.15) is 23.5 Å². The van der Waals surface area contributed by atoms with E-state index in [4.69, 9.17) is 15.6 Å². The number of halogens is 2. The number of phenolic OH excluding ortho intramolecular Hbond substituents is 1. The molecule has 0 aliphatic carbocycles. The minimum atomic E-state index is -0.660. The fourth-order valence-electron chi connectivity index (χ4n) is 4.84. The van der Waals surface area contributed by atoms with Crippen molar-refractivity contribution in [2.45, 2.75) is 19.4 Å². The molecule has 9 heteroatoms. The number of benzene rings is 3. The predicted molar refractivity (Wildman–Crippen MR) is 142 cm³/mol. The van der Waals surface area contributed by atoms with Crippen molar-refractivity contribution in [3.63, 3.8) is 0 Å². The van der Waals surface area contributed by atoms with Crippen LogP contribution in [0.1, 0.15) is 18.9 Å². The van der Waals surface area contributed by atoms with Gasteiger partial charge in [0.2, 0.25) is 0 Å². The number of phenols is 1. The highest BCUT2D eigenvalue weighted by atomic mass is 19.1. The Morgan fingerprint density at radius 1 is 1.11 bits per heavy atom. The normalized spacial score (nSPS) is 16.9. The molecule has 1 aliphatic heterocycles. The third-order valence-corrected chi connectivity index (χ3v) is 6.77. The zero-order valence-corrected chi connectivity index (χ0v) is 20.6. The van der Waals surface area contributed by atoms with Crippen molar-refractivity contribution in [2.24, 2.45) is 11.7 Å². The van der Waals surface area contributed by atoms with Gasteiger partial charge in [0.25, 0.3) is 6.47 Å². The van der Waals surface area contributed by atoms with Crippen LogP contribution in [0.15, 0.2) is 60.8 Å². The molecule has 194 valence electrons. The summed E-state index contributed by atoms with van der Waals surface area (Å²) >= 11 is 0. The van der Waals surface area contributed by atoms with Crippen LogP contribution in [-0.4, -0.2) is 40.8 Å². The smallest absolute Gasteiger partial charge is 0.290 e. The monoisotopic (exact) mass is 516 g/mol. The Morgan fingerprint density at radius 3 is 2.47 bits per heavy atom. The topological polar surface area (TPSA) is 123 Å². The molecular formula is C29H26F2N4O3. The lowest BCUT2D eigenvalue weighted by Gasteiger charge is -2.38. The molecule has 1 saturated heterocycles. The number of rotatable bonds is 3. The zero-order chi connectivity index (χ0) is 27.4. The standard InChI is InChI=1S/C28H24F2N4O.CH2O2/c1-16-15-34(8-7-25(16)32)27-23-11-17(22-4-2-3-18(13-31)28(22)35)5-6-26(23)33-14-24(27)19-9-20(29)12-21(30)10-19;2-1-3/h2-6,9-12,14,16,25,35H,7-8,15,32H2,1H3;1H,(H,2,3)/t16?,25-;/m1./s1. The van der Waals surface area contributed by atoms with E-state index in [1.54, 1.807) is 24.4 Å². The molecule has 5 rings (SSSR count). The molecule has 4 N–H and O–H groups in total. The molecule has 1 unspecified atom stereocenters. The molecule has 0 spiro atoms. The number of aromatic hydroxyl groups is 1. The van der Waals surface area contributed by atoms with Gasteiger partial charge in [-0.3, -0.25) is 9.78 Å². The van der Waals surface area contributed by atoms with Gasteiger partial charge >= 0.3 is 0 Å². The molecule has 0 radical (unpaired) electrons. The Balaban J connectivity index is 0.00000107. The Bertz CT molecular complexity index is 1520. The number of aromatic nitrogens is 1. The highest BCUT2D eigenvalue weighted by Crippen LogP contribution is 2.41. The van der Waals surface area contributed by atoms with Crippen molar-refractivity contribution in [1.82, 2.24) is 4.98 Å². The minimum Gasteiger partial charge on any atom is -0.506 e. The minimum absolute atomic E-state index is 0.0793. The number of anilines is 1. The molecule has 2 atom stereocenters. The maximum atomic E-state index is 14.2. The summed E-state index contributed by atoms with van der Waals surface area (Å²) in [7, 11) is 0. The van der Waals surface area contributed by atoms with Crippen LogP contribution in [0.25, 0.3) is 33.2 Å². The molecule has 1 aliphatic rings. The van der Waals surface area contributed by atoms with Crippen LogP contribution in [0, 0.1) is 28.9 Å². The van der Waals surface area contributed by atoms with E-state index in [9.17, 15) is 19.1 Å². The van der Waals surface area contributed by atoms with E-state index in [0.29, 0.717) is 40.9 Å². The number of piperidine rings is 1. The van der Waals surface area contributed by atoms with Crippen molar-refractivity contribution >= 4 is 23.1 Å². The lowest BCUT2D eigenvalue weighted by atomic mass is 9.92. The van der Waals surface area contributed by atoms with E-state index in [1.165, 1.54) is 12.1 Å². The van der Waals surface area contributed by atoms with Gasteiger partial charge in [0, 0.05) is 47.9 Å². The average Bonchev–Trinajstić information content (AvgIpc) is 2.89. The van der Waals surface area contributed by atoms with Crippen LogP contribution >= 0.6 is 0 Å². The third kappa shape index (κ3) is 5.26. The molecule has 0 amide bonds. The largest absolute Gasteiger partial charge is 0.506 e. The van der Waals surface area contributed by atoms with Crippen molar-refractivity contribution in [3.05, 3.63) is 78.0 Å². The fourth-order valence-corrected chi connectivity index (χ4v) is 4.84. The highest BCUT2D eigenvalue weighted by molar-refractivity contribution is 6.02. The summed E-state index contributed by atoms with van der Waals surface area (Å²) in [5, 5.41) is 27.7. The Labute approximate surface area is 218 Å². The number of fused-ring (bicyclic) bond motifs is 1. The van der Waals surface area contributed by atoms with E-state index in [0.717, 1.165) is 23.6 Å². The average molecular weight is 517 g/mol. The van der Waals surface area contributed by atoms with Crippen LogP contribution in [0.3, 0.4) is 0 Å². The lowest BCUT2D eigenvalue weighted by molar-refractivity contribution is -0.122. The summed E-state index contributed by atoms with van der Waals surface area (Å²) in [6, 6.07) is 16.2. The van der Waals surface area contributed by atoms with Gasteiger partial charge in [-0.25, -0.2) is 8.78 Å². The second-order valence-electron chi connectivity index (χ2n) is 9.21. The molecule has 3 aromatic carbocycles. The first-order valence-corrected chi connectivity index (χ1v) is 12.0. The quantitative estimate of drug-likeness (QED) is 0.316. The number of hydrogen-bond donors (Lipinski definition) is 3. The molecule has 4 aromatic rings. The van der Waals surface area contributed by atoms with Crippen molar-refractivity contribution in [1.29, 1.82) is 5.26 Å². The summed E-state index contributed by atoms with van der Waals surface area (Å²) in [5.41, 5.74) is 10.2. The van der Waals surface area contributed by atoms with Crippen LogP contribution in [0.5, 0.6) is 5.75 Å². The van der Waals surface area contributed by atoms with Gasteiger partial charge in [0.05, 0.1) is 16.8 Å². The molecule has 0 bridgehead atoms. The van der Waals surface area contributed by atoms with Crippen LogP contribution in [0.4, 0.5) is 14.5 Å². The van der Waals surface area contributed by atoms with Gasteiger partial charge < -0.3 is 20.8 Å². The van der Waals surface area contributed by atoms with Gasteiger partial charge in [0.15, 0.2) is 0 Å². The number of nitriles is 1. The number of nitrogens with zero attached hydrogens (tertiary/aromatic N) is 3.